The molecule has 0 radical (unpaired) electrons. The number of rotatable bonds is 4. The van der Waals surface area contributed by atoms with E-state index in [0.717, 1.165) is 5.56 Å². The quantitative estimate of drug-likeness (QED) is 0.809. The molecule has 0 aliphatic heterocycles. The summed E-state index contributed by atoms with van der Waals surface area (Å²) in [6.07, 6.45) is -0.703. The van der Waals surface area contributed by atoms with E-state index >= 15 is 0 Å². The van der Waals surface area contributed by atoms with Crippen molar-refractivity contribution in [2.45, 2.75) is 19.6 Å². The van der Waals surface area contributed by atoms with Crippen molar-refractivity contribution < 1.29 is 9.53 Å². The van der Waals surface area contributed by atoms with Crippen LogP contribution in [0.3, 0.4) is 0 Å². The number of hydrogen-bond donors (Lipinski definition) is 2. The van der Waals surface area contributed by atoms with Crippen LogP contribution in [0.25, 0.3) is 0 Å². The predicted molar refractivity (Wildman–Crippen MR) is 58.6 cm³/mol. The van der Waals surface area contributed by atoms with Gasteiger partial charge >= 0.3 is 0 Å². The Balaban J connectivity index is 2.82. The molecule has 0 heterocycles. The third-order valence-corrected chi connectivity index (χ3v) is 2.23. The average molecular weight is 229 g/mol. The van der Waals surface area contributed by atoms with Crippen LogP contribution in [0.4, 0.5) is 0 Å². The predicted octanol–water partition coefficient (Wildman–Crippen LogP) is 1.05. The van der Waals surface area contributed by atoms with Gasteiger partial charge in [-0.3, -0.25) is 4.79 Å². The molecule has 1 atom stereocenters. The molecule has 0 bridgehead atoms. The summed E-state index contributed by atoms with van der Waals surface area (Å²) in [5.74, 6) is -0.103. The molecule has 5 heteroatoms. The van der Waals surface area contributed by atoms with Gasteiger partial charge in [-0.2, -0.15) is 0 Å². The monoisotopic (exact) mass is 228 g/mol. The van der Waals surface area contributed by atoms with Gasteiger partial charge in [0.1, 0.15) is 5.75 Å². The highest BCUT2D eigenvalue weighted by atomic mass is 35.5. The first-order valence-electron chi connectivity index (χ1n) is 4.49. The molecule has 4 N–H and O–H groups in total. The molecule has 4 nitrogen and oxygen atoms in total. The lowest BCUT2D eigenvalue weighted by Crippen LogP contribution is -2.30. The van der Waals surface area contributed by atoms with Gasteiger partial charge in [-0.05, 0) is 24.6 Å². The molecule has 1 amide bonds. The molecule has 0 saturated heterocycles. The van der Waals surface area contributed by atoms with Crippen LogP contribution in [0.1, 0.15) is 12.5 Å². The molecule has 1 aromatic carbocycles. The lowest BCUT2D eigenvalue weighted by Gasteiger charge is -2.12. The molecule has 0 fully saturated rings. The molecule has 0 spiro atoms. The van der Waals surface area contributed by atoms with Crippen molar-refractivity contribution in [1.29, 1.82) is 0 Å². The van der Waals surface area contributed by atoms with Crippen LogP contribution in [0, 0.1) is 0 Å². The highest BCUT2D eigenvalue weighted by Crippen LogP contribution is 2.26. The fraction of sp³-hybridized carbons (Fsp3) is 0.300. The number of carbonyl (C=O) groups excluding carboxylic acids is 1. The first kappa shape index (κ1) is 11.8. The van der Waals surface area contributed by atoms with Crippen molar-refractivity contribution in [3.8, 4) is 5.75 Å². The number of carbonyl (C=O) groups is 1. The van der Waals surface area contributed by atoms with Gasteiger partial charge < -0.3 is 16.2 Å². The Labute approximate surface area is 93.1 Å². The van der Waals surface area contributed by atoms with E-state index in [4.69, 9.17) is 27.8 Å². The fourth-order valence-electron chi connectivity index (χ4n) is 1.02. The molecule has 82 valence electrons. The Hall–Kier alpha value is -1.26. The fourth-order valence-corrected chi connectivity index (χ4v) is 1.26. The van der Waals surface area contributed by atoms with Gasteiger partial charge in [0.2, 0.25) is 0 Å². The summed E-state index contributed by atoms with van der Waals surface area (Å²) < 4.78 is 5.26. The zero-order valence-corrected chi connectivity index (χ0v) is 9.12. The maximum absolute atomic E-state index is 10.8. The number of hydrogen-bond acceptors (Lipinski definition) is 3. The van der Waals surface area contributed by atoms with E-state index in [-0.39, 0.29) is 0 Å². The van der Waals surface area contributed by atoms with Gasteiger partial charge in [-0.15, -0.1) is 0 Å². The van der Waals surface area contributed by atoms with Gasteiger partial charge in [-0.25, -0.2) is 0 Å². The normalized spacial score (nSPS) is 12.2. The molecular weight excluding hydrogens is 216 g/mol. The summed E-state index contributed by atoms with van der Waals surface area (Å²) in [5, 5.41) is 0.422. The summed E-state index contributed by atoms with van der Waals surface area (Å²) in [4.78, 5) is 10.8. The first-order chi connectivity index (χ1) is 7.04. The summed E-state index contributed by atoms with van der Waals surface area (Å²) in [5.41, 5.74) is 11.4. The third kappa shape index (κ3) is 3.11. The van der Waals surface area contributed by atoms with Crippen LogP contribution in [-0.2, 0) is 11.3 Å². The van der Waals surface area contributed by atoms with E-state index < -0.39 is 12.0 Å². The Bertz CT molecular complexity index is 368. The topological polar surface area (TPSA) is 78.3 Å². The highest BCUT2D eigenvalue weighted by Gasteiger charge is 2.12. The number of halogens is 1. The molecule has 0 saturated carbocycles. The molecule has 1 rings (SSSR count). The average Bonchev–Trinajstić information content (AvgIpc) is 2.20. The van der Waals surface area contributed by atoms with Crippen molar-refractivity contribution in [2.75, 3.05) is 0 Å². The zero-order valence-electron chi connectivity index (χ0n) is 8.37. The summed E-state index contributed by atoms with van der Waals surface area (Å²) in [6.45, 7) is 1.97. The van der Waals surface area contributed by atoms with Crippen LogP contribution in [-0.4, -0.2) is 12.0 Å². The lowest BCUT2D eigenvalue weighted by atomic mass is 10.2. The van der Waals surface area contributed by atoms with E-state index in [0.29, 0.717) is 17.3 Å². The van der Waals surface area contributed by atoms with Crippen LogP contribution in [0.5, 0.6) is 5.75 Å². The number of primary amides is 1. The Kier molecular flexibility index (Phi) is 3.94. The Morgan fingerprint density at radius 3 is 2.73 bits per heavy atom. The van der Waals surface area contributed by atoms with Gasteiger partial charge in [0.15, 0.2) is 6.10 Å². The molecular formula is C10H13ClN2O2. The Morgan fingerprint density at radius 2 is 2.27 bits per heavy atom. The van der Waals surface area contributed by atoms with Crippen molar-refractivity contribution in [3.63, 3.8) is 0 Å². The minimum Gasteiger partial charge on any atom is -0.479 e. The van der Waals surface area contributed by atoms with Crippen molar-refractivity contribution in [1.82, 2.24) is 0 Å². The summed E-state index contributed by atoms with van der Waals surface area (Å²) in [7, 11) is 0. The van der Waals surface area contributed by atoms with E-state index in [1.807, 2.05) is 0 Å². The van der Waals surface area contributed by atoms with Crippen LogP contribution >= 0.6 is 11.6 Å². The van der Waals surface area contributed by atoms with E-state index in [1.54, 1.807) is 25.1 Å². The second-order valence-corrected chi connectivity index (χ2v) is 3.54. The van der Waals surface area contributed by atoms with Gasteiger partial charge in [0.05, 0.1) is 5.02 Å². The second kappa shape index (κ2) is 5.00. The number of nitrogens with two attached hydrogens (primary N) is 2. The van der Waals surface area contributed by atoms with Gasteiger partial charge in [-0.1, -0.05) is 17.7 Å². The minimum absolute atomic E-state index is 0.408. The van der Waals surface area contributed by atoms with E-state index in [2.05, 4.69) is 0 Å². The third-order valence-electron chi connectivity index (χ3n) is 1.94. The van der Waals surface area contributed by atoms with Crippen molar-refractivity contribution in [3.05, 3.63) is 28.8 Å². The van der Waals surface area contributed by atoms with Crippen LogP contribution in [0.15, 0.2) is 18.2 Å². The molecule has 1 unspecified atom stereocenters. The number of amides is 1. The molecule has 1 aromatic rings. The standard InChI is InChI=1S/C10H13ClN2O2/c1-6(10(13)14)15-9-3-2-7(5-12)4-8(9)11/h2-4,6H,5,12H2,1H3,(H2,13,14). The van der Waals surface area contributed by atoms with E-state index in [9.17, 15) is 4.79 Å². The van der Waals surface area contributed by atoms with Crippen LogP contribution in [0.2, 0.25) is 5.02 Å². The Morgan fingerprint density at radius 1 is 1.60 bits per heavy atom. The molecule has 15 heavy (non-hydrogen) atoms. The summed E-state index contributed by atoms with van der Waals surface area (Å²) >= 11 is 5.92. The second-order valence-electron chi connectivity index (χ2n) is 3.13. The first-order valence-corrected chi connectivity index (χ1v) is 4.87. The summed E-state index contributed by atoms with van der Waals surface area (Å²) in [6, 6.07) is 5.16. The highest BCUT2D eigenvalue weighted by molar-refractivity contribution is 6.32. The van der Waals surface area contributed by atoms with Crippen LogP contribution < -0.4 is 16.2 Å². The smallest absolute Gasteiger partial charge is 0.258 e. The maximum atomic E-state index is 10.8. The SMILES string of the molecule is CC(Oc1ccc(CN)cc1Cl)C(N)=O. The maximum Gasteiger partial charge on any atom is 0.258 e. The molecule has 0 aliphatic carbocycles. The zero-order chi connectivity index (χ0) is 11.4. The lowest BCUT2D eigenvalue weighted by molar-refractivity contribution is -0.123. The van der Waals surface area contributed by atoms with E-state index in [1.165, 1.54) is 0 Å². The van der Waals surface area contributed by atoms with Crippen molar-refractivity contribution in [2.24, 2.45) is 11.5 Å². The largest absolute Gasteiger partial charge is 0.479 e. The van der Waals surface area contributed by atoms with Crippen molar-refractivity contribution >= 4 is 17.5 Å². The van der Waals surface area contributed by atoms with Gasteiger partial charge in [0.25, 0.3) is 5.91 Å². The molecule has 0 aromatic heterocycles. The number of ether oxygens (including phenoxy) is 1. The number of benzene rings is 1. The molecule has 0 aliphatic rings. The minimum atomic E-state index is -0.703. The van der Waals surface area contributed by atoms with Gasteiger partial charge in [0, 0.05) is 6.54 Å².